The van der Waals surface area contributed by atoms with Crippen molar-refractivity contribution in [2.45, 2.75) is 54.6 Å². The van der Waals surface area contributed by atoms with Gasteiger partial charge in [-0.3, -0.25) is 0 Å². The van der Waals surface area contributed by atoms with E-state index in [1.165, 1.54) is 44.8 Å². The average molecular weight is 401 g/mol. The van der Waals surface area contributed by atoms with Crippen LogP contribution in [0.2, 0.25) is 0 Å². The molecule has 0 saturated carbocycles. The number of imidazole rings is 2. The van der Waals surface area contributed by atoms with Crippen LogP contribution in [0, 0.1) is 41.5 Å². The highest BCUT2D eigenvalue weighted by Gasteiger charge is 2.15. The van der Waals surface area contributed by atoms with Gasteiger partial charge in [-0.15, -0.1) is 0 Å². The van der Waals surface area contributed by atoms with E-state index in [4.69, 9.17) is 0 Å². The summed E-state index contributed by atoms with van der Waals surface area (Å²) in [5.41, 5.74) is 10.4. The molecule has 0 saturated heterocycles. The average Bonchev–Trinajstić information content (AvgIpc) is 3.28. The van der Waals surface area contributed by atoms with Crippen LogP contribution in [0.4, 0.5) is 0 Å². The standard InChI is InChI=1S/C26H32N4/c1-19-13-21(3)25(22(4)14-19)29-11-9-27(17-29)7-8-28-10-12-30(18-28)26-23(5)15-20(2)16-24(26)6/h9-18H,7-8H2,1-6H3/q+2. The van der Waals surface area contributed by atoms with Crippen molar-refractivity contribution in [2.75, 3.05) is 0 Å². The minimum Gasteiger partial charge on any atom is -0.232 e. The number of aryl methyl sites for hydroxylation is 8. The maximum Gasteiger partial charge on any atom is 0.249 e. The molecule has 30 heavy (non-hydrogen) atoms. The number of nitrogens with zero attached hydrogens (tertiary/aromatic N) is 4. The molecule has 0 amide bonds. The lowest BCUT2D eigenvalue weighted by atomic mass is 10.1. The third kappa shape index (κ3) is 3.95. The zero-order valence-electron chi connectivity index (χ0n) is 19.0. The maximum absolute atomic E-state index is 2.26. The van der Waals surface area contributed by atoms with Crippen molar-refractivity contribution in [1.82, 2.24) is 9.13 Å². The SMILES string of the molecule is Cc1cc(C)c(-n2cc[n+](CC[n+]3ccn(-c4c(C)cc(C)cc4C)c3)c2)c(C)c1. The smallest absolute Gasteiger partial charge is 0.232 e. The van der Waals surface area contributed by atoms with E-state index in [2.05, 4.69) is 122 Å². The highest BCUT2D eigenvalue weighted by Crippen LogP contribution is 2.21. The Labute approximate surface area is 179 Å². The summed E-state index contributed by atoms with van der Waals surface area (Å²) in [5, 5.41) is 0. The second-order valence-corrected chi connectivity index (χ2v) is 8.61. The Bertz CT molecular complexity index is 1070. The van der Waals surface area contributed by atoms with E-state index in [1.807, 2.05) is 0 Å². The van der Waals surface area contributed by atoms with Crippen molar-refractivity contribution in [3.8, 4) is 11.4 Å². The maximum atomic E-state index is 2.26. The largest absolute Gasteiger partial charge is 0.249 e. The summed E-state index contributed by atoms with van der Waals surface area (Å²) in [7, 11) is 0. The van der Waals surface area contributed by atoms with Gasteiger partial charge in [0.15, 0.2) is 0 Å². The summed E-state index contributed by atoms with van der Waals surface area (Å²) in [6.45, 7) is 14.9. The molecule has 4 rings (SSSR count). The summed E-state index contributed by atoms with van der Waals surface area (Å²) in [6.07, 6.45) is 13.0. The van der Waals surface area contributed by atoms with Crippen LogP contribution in [0.3, 0.4) is 0 Å². The van der Waals surface area contributed by atoms with Crippen molar-refractivity contribution in [3.05, 3.63) is 95.1 Å². The summed E-state index contributed by atoms with van der Waals surface area (Å²) >= 11 is 0. The molecule has 0 aliphatic rings. The first-order valence-electron chi connectivity index (χ1n) is 10.6. The number of hydrogen-bond donors (Lipinski definition) is 0. The Morgan fingerprint density at radius 3 is 1.23 bits per heavy atom. The van der Waals surface area contributed by atoms with Gasteiger partial charge in [-0.05, 0) is 63.8 Å². The zero-order chi connectivity index (χ0) is 21.4. The first-order valence-corrected chi connectivity index (χ1v) is 10.6. The van der Waals surface area contributed by atoms with E-state index in [0.717, 1.165) is 13.1 Å². The van der Waals surface area contributed by atoms with Gasteiger partial charge in [0.2, 0.25) is 12.7 Å². The molecule has 4 nitrogen and oxygen atoms in total. The molecule has 0 spiro atoms. The molecule has 0 bridgehead atoms. The summed E-state index contributed by atoms with van der Waals surface area (Å²) in [4.78, 5) is 0. The van der Waals surface area contributed by atoms with E-state index in [0.29, 0.717) is 0 Å². The number of rotatable bonds is 5. The molecule has 2 heterocycles. The Morgan fingerprint density at radius 1 is 0.567 bits per heavy atom. The predicted molar refractivity (Wildman–Crippen MR) is 120 cm³/mol. The molecule has 0 aliphatic heterocycles. The fourth-order valence-electron chi connectivity index (χ4n) is 4.71. The molecule has 0 aliphatic carbocycles. The second-order valence-electron chi connectivity index (χ2n) is 8.61. The molecule has 0 fully saturated rings. The van der Waals surface area contributed by atoms with Gasteiger partial charge in [0.25, 0.3) is 0 Å². The Kier molecular flexibility index (Phi) is 5.33. The molecule has 4 aromatic rings. The van der Waals surface area contributed by atoms with Gasteiger partial charge in [0.1, 0.15) is 49.3 Å². The Hall–Kier alpha value is -3.14. The van der Waals surface area contributed by atoms with Crippen molar-refractivity contribution < 1.29 is 9.13 Å². The van der Waals surface area contributed by atoms with E-state index < -0.39 is 0 Å². The molecular weight excluding hydrogens is 368 g/mol. The van der Waals surface area contributed by atoms with Crippen molar-refractivity contribution in [3.63, 3.8) is 0 Å². The van der Waals surface area contributed by atoms with Crippen molar-refractivity contribution in [2.24, 2.45) is 0 Å². The molecule has 2 aromatic heterocycles. The van der Waals surface area contributed by atoms with E-state index >= 15 is 0 Å². The zero-order valence-corrected chi connectivity index (χ0v) is 19.0. The van der Waals surface area contributed by atoms with Crippen LogP contribution in [0.5, 0.6) is 0 Å². The van der Waals surface area contributed by atoms with Crippen LogP contribution >= 0.6 is 0 Å². The fraction of sp³-hybridized carbons (Fsp3) is 0.308. The lowest BCUT2D eigenvalue weighted by Crippen LogP contribution is -2.42. The third-order valence-electron chi connectivity index (χ3n) is 5.79. The van der Waals surface area contributed by atoms with Gasteiger partial charge < -0.3 is 0 Å². The van der Waals surface area contributed by atoms with Gasteiger partial charge >= 0.3 is 0 Å². The minimum atomic E-state index is 0.928. The first-order chi connectivity index (χ1) is 14.3. The lowest BCUT2D eigenvalue weighted by Gasteiger charge is -2.07. The lowest BCUT2D eigenvalue weighted by molar-refractivity contribution is -0.777. The van der Waals surface area contributed by atoms with Gasteiger partial charge in [-0.2, -0.15) is 0 Å². The molecule has 0 N–H and O–H groups in total. The molecule has 0 atom stereocenters. The molecule has 4 heteroatoms. The Morgan fingerprint density at radius 2 is 0.900 bits per heavy atom. The molecule has 0 radical (unpaired) electrons. The number of aromatic nitrogens is 4. The second kappa shape index (κ2) is 7.94. The highest BCUT2D eigenvalue weighted by atomic mass is 15.2. The van der Waals surface area contributed by atoms with Crippen LogP contribution in [-0.4, -0.2) is 9.13 Å². The molecule has 2 aromatic carbocycles. The van der Waals surface area contributed by atoms with E-state index in [-0.39, 0.29) is 0 Å². The summed E-state index contributed by atoms with van der Waals surface area (Å²) in [5.74, 6) is 0. The molecule has 0 unspecified atom stereocenters. The van der Waals surface area contributed by atoms with Gasteiger partial charge in [-0.25, -0.2) is 18.3 Å². The predicted octanol–water partition coefficient (Wildman–Crippen LogP) is 4.39. The van der Waals surface area contributed by atoms with Crippen molar-refractivity contribution in [1.29, 1.82) is 0 Å². The van der Waals surface area contributed by atoms with Gasteiger partial charge in [0.05, 0.1) is 0 Å². The van der Waals surface area contributed by atoms with Gasteiger partial charge in [-0.1, -0.05) is 35.4 Å². The monoisotopic (exact) mass is 400 g/mol. The van der Waals surface area contributed by atoms with Gasteiger partial charge in [0, 0.05) is 0 Å². The van der Waals surface area contributed by atoms with Crippen LogP contribution in [0.25, 0.3) is 11.4 Å². The first kappa shape index (κ1) is 20.1. The normalized spacial score (nSPS) is 11.3. The molecule has 154 valence electrons. The number of hydrogen-bond acceptors (Lipinski definition) is 0. The minimum absolute atomic E-state index is 0.928. The van der Waals surface area contributed by atoms with Crippen molar-refractivity contribution >= 4 is 0 Å². The van der Waals surface area contributed by atoms with Crippen LogP contribution in [-0.2, 0) is 13.1 Å². The van der Waals surface area contributed by atoms with E-state index in [1.54, 1.807) is 0 Å². The van der Waals surface area contributed by atoms with Crippen LogP contribution in [0.15, 0.2) is 61.7 Å². The highest BCUT2D eigenvalue weighted by molar-refractivity contribution is 5.49. The van der Waals surface area contributed by atoms with E-state index in [9.17, 15) is 0 Å². The molecular formula is C26H32N4+2. The fourth-order valence-corrected chi connectivity index (χ4v) is 4.71. The quantitative estimate of drug-likeness (QED) is 0.442. The summed E-state index contributed by atoms with van der Waals surface area (Å²) in [6, 6.07) is 9.00. The third-order valence-corrected chi connectivity index (χ3v) is 5.79. The number of benzene rings is 2. The van der Waals surface area contributed by atoms with Crippen LogP contribution in [0.1, 0.15) is 33.4 Å². The topological polar surface area (TPSA) is 17.6 Å². The summed E-state index contributed by atoms with van der Waals surface area (Å²) < 4.78 is 8.98. The Balaban J connectivity index is 1.50. The van der Waals surface area contributed by atoms with Crippen LogP contribution < -0.4 is 9.13 Å².